The monoisotopic (exact) mass is 246 g/mol. The van der Waals surface area contributed by atoms with Crippen molar-refractivity contribution < 1.29 is 4.79 Å². The fourth-order valence-corrected chi connectivity index (χ4v) is 2.71. The molecule has 18 heavy (non-hydrogen) atoms. The number of hydrogen-bond acceptors (Lipinski definition) is 2. The van der Waals surface area contributed by atoms with Gasteiger partial charge in [-0.2, -0.15) is 0 Å². The van der Waals surface area contributed by atoms with Gasteiger partial charge in [0.2, 0.25) is 0 Å². The highest BCUT2D eigenvalue weighted by Gasteiger charge is 2.35. The maximum atomic E-state index is 12.3. The van der Waals surface area contributed by atoms with Gasteiger partial charge in [-0.05, 0) is 42.9 Å². The second-order valence-corrected chi connectivity index (χ2v) is 5.98. The number of nitrogens with one attached hydrogen (secondary N) is 1. The first-order valence-corrected chi connectivity index (χ1v) is 6.57. The number of anilines is 1. The van der Waals surface area contributed by atoms with Crippen LogP contribution in [0.2, 0.25) is 0 Å². The SMILES string of the molecule is Cc1ccc(N)cc1C(=O)NC1CCCC1(C)C. The highest BCUT2D eigenvalue weighted by atomic mass is 16.1. The molecule has 0 bridgehead atoms. The van der Waals surface area contributed by atoms with Crippen LogP contribution < -0.4 is 11.1 Å². The lowest BCUT2D eigenvalue weighted by Gasteiger charge is -2.28. The Kier molecular flexibility index (Phi) is 3.33. The predicted octanol–water partition coefficient (Wildman–Crippen LogP) is 2.89. The van der Waals surface area contributed by atoms with Gasteiger partial charge >= 0.3 is 0 Å². The van der Waals surface area contributed by atoms with Crippen LogP contribution >= 0.6 is 0 Å². The molecule has 0 aromatic heterocycles. The van der Waals surface area contributed by atoms with Gasteiger partial charge in [-0.3, -0.25) is 4.79 Å². The molecule has 1 fully saturated rings. The van der Waals surface area contributed by atoms with Crippen LogP contribution in [-0.2, 0) is 0 Å². The minimum absolute atomic E-state index is 0.000208. The van der Waals surface area contributed by atoms with Gasteiger partial charge in [0.1, 0.15) is 0 Å². The number of hydrogen-bond donors (Lipinski definition) is 2. The maximum Gasteiger partial charge on any atom is 0.251 e. The Hall–Kier alpha value is -1.51. The first kappa shape index (κ1) is 12.9. The van der Waals surface area contributed by atoms with E-state index in [1.54, 1.807) is 6.07 Å². The van der Waals surface area contributed by atoms with Crippen molar-refractivity contribution in [1.29, 1.82) is 0 Å². The normalized spacial score (nSPS) is 21.8. The smallest absolute Gasteiger partial charge is 0.251 e. The van der Waals surface area contributed by atoms with Gasteiger partial charge in [-0.15, -0.1) is 0 Å². The number of amides is 1. The number of nitrogen functional groups attached to an aromatic ring is 1. The van der Waals surface area contributed by atoms with E-state index in [-0.39, 0.29) is 17.4 Å². The first-order chi connectivity index (χ1) is 8.40. The fourth-order valence-electron chi connectivity index (χ4n) is 2.71. The third-order valence-corrected chi connectivity index (χ3v) is 4.07. The molecule has 1 aliphatic carbocycles. The molecule has 3 nitrogen and oxygen atoms in total. The molecular weight excluding hydrogens is 224 g/mol. The summed E-state index contributed by atoms with van der Waals surface area (Å²) in [6.07, 6.45) is 3.43. The lowest BCUT2D eigenvalue weighted by molar-refractivity contribution is 0.0909. The zero-order valence-corrected chi connectivity index (χ0v) is 11.4. The van der Waals surface area contributed by atoms with Crippen LogP contribution in [0.4, 0.5) is 5.69 Å². The predicted molar refractivity (Wildman–Crippen MR) is 74.5 cm³/mol. The van der Waals surface area contributed by atoms with Crippen molar-refractivity contribution in [2.75, 3.05) is 5.73 Å². The van der Waals surface area contributed by atoms with Crippen LogP contribution in [0.3, 0.4) is 0 Å². The molecule has 1 aliphatic rings. The summed E-state index contributed by atoms with van der Waals surface area (Å²) in [6, 6.07) is 5.74. The molecule has 3 N–H and O–H groups in total. The van der Waals surface area contributed by atoms with Crippen molar-refractivity contribution in [1.82, 2.24) is 5.32 Å². The van der Waals surface area contributed by atoms with Crippen LogP contribution in [0.25, 0.3) is 0 Å². The molecule has 1 saturated carbocycles. The van der Waals surface area contributed by atoms with Crippen molar-refractivity contribution in [2.45, 2.75) is 46.1 Å². The summed E-state index contributed by atoms with van der Waals surface area (Å²) in [5.41, 5.74) is 8.24. The molecule has 0 aliphatic heterocycles. The van der Waals surface area contributed by atoms with Crippen LogP contribution in [-0.4, -0.2) is 11.9 Å². The quantitative estimate of drug-likeness (QED) is 0.788. The Bertz CT molecular complexity index is 466. The van der Waals surface area contributed by atoms with Crippen LogP contribution in [0.15, 0.2) is 18.2 Å². The second-order valence-electron chi connectivity index (χ2n) is 5.98. The Morgan fingerprint density at radius 2 is 2.17 bits per heavy atom. The molecule has 0 saturated heterocycles. The summed E-state index contributed by atoms with van der Waals surface area (Å²) in [4.78, 5) is 12.3. The van der Waals surface area contributed by atoms with E-state index in [2.05, 4.69) is 19.2 Å². The Balaban J connectivity index is 2.15. The number of benzene rings is 1. The summed E-state index contributed by atoms with van der Waals surface area (Å²) < 4.78 is 0. The number of rotatable bonds is 2. The second kappa shape index (κ2) is 4.63. The van der Waals surface area contributed by atoms with E-state index in [1.165, 1.54) is 12.8 Å². The van der Waals surface area contributed by atoms with Crippen LogP contribution in [0, 0.1) is 12.3 Å². The van der Waals surface area contributed by atoms with Gasteiger partial charge in [0.05, 0.1) is 0 Å². The van der Waals surface area contributed by atoms with Gasteiger partial charge in [-0.1, -0.05) is 26.3 Å². The molecule has 1 amide bonds. The molecule has 3 heteroatoms. The summed E-state index contributed by atoms with van der Waals surface area (Å²) in [6.45, 7) is 6.38. The zero-order chi connectivity index (χ0) is 13.3. The van der Waals surface area contributed by atoms with Crippen LogP contribution in [0.5, 0.6) is 0 Å². The Morgan fingerprint density at radius 1 is 1.44 bits per heavy atom. The molecule has 2 rings (SSSR count). The number of aryl methyl sites for hydroxylation is 1. The van der Waals surface area contributed by atoms with E-state index >= 15 is 0 Å². The molecule has 0 heterocycles. The number of nitrogens with two attached hydrogens (primary N) is 1. The fraction of sp³-hybridized carbons (Fsp3) is 0.533. The van der Waals surface area contributed by atoms with Crippen molar-refractivity contribution in [3.8, 4) is 0 Å². The minimum atomic E-state index is -0.000208. The Morgan fingerprint density at radius 3 is 2.78 bits per heavy atom. The standard InChI is InChI=1S/C15H22N2O/c1-10-6-7-11(16)9-12(10)14(18)17-13-5-4-8-15(13,2)3/h6-7,9,13H,4-5,8,16H2,1-3H3,(H,17,18). The van der Waals surface area contributed by atoms with Gasteiger partial charge in [0.25, 0.3) is 5.91 Å². The molecule has 1 aromatic carbocycles. The summed E-state index contributed by atoms with van der Waals surface area (Å²) >= 11 is 0. The van der Waals surface area contributed by atoms with E-state index in [9.17, 15) is 4.79 Å². The van der Waals surface area contributed by atoms with Gasteiger partial charge < -0.3 is 11.1 Å². The average Bonchev–Trinajstić information content (AvgIpc) is 2.62. The number of carbonyl (C=O) groups excluding carboxylic acids is 1. The van der Waals surface area contributed by atoms with Crippen molar-refractivity contribution in [3.05, 3.63) is 29.3 Å². The minimum Gasteiger partial charge on any atom is -0.399 e. The van der Waals surface area contributed by atoms with Crippen molar-refractivity contribution in [3.63, 3.8) is 0 Å². The summed E-state index contributed by atoms with van der Waals surface area (Å²) in [5.74, 6) is -0.000208. The highest BCUT2D eigenvalue weighted by Crippen LogP contribution is 2.37. The first-order valence-electron chi connectivity index (χ1n) is 6.57. The molecule has 0 spiro atoms. The van der Waals surface area contributed by atoms with E-state index in [1.807, 2.05) is 19.1 Å². The molecule has 0 radical (unpaired) electrons. The molecule has 1 unspecified atom stereocenters. The molecule has 1 atom stereocenters. The third-order valence-electron chi connectivity index (χ3n) is 4.07. The van der Waals surface area contributed by atoms with Gasteiger partial charge in [-0.25, -0.2) is 0 Å². The zero-order valence-electron chi connectivity index (χ0n) is 11.4. The molecular formula is C15H22N2O. The Labute approximate surface area is 109 Å². The largest absolute Gasteiger partial charge is 0.399 e. The maximum absolute atomic E-state index is 12.3. The van der Waals surface area contributed by atoms with E-state index in [4.69, 9.17) is 5.73 Å². The van der Waals surface area contributed by atoms with Gasteiger partial charge in [0, 0.05) is 17.3 Å². The molecule has 1 aromatic rings. The lowest BCUT2D eigenvalue weighted by Crippen LogP contribution is -2.41. The summed E-state index contributed by atoms with van der Waals surface area (Å²) in [5, 5.41) is 3.16. The lowest BCUT2D eigenvalue weighted by atomic mass is 9.87. The average molecular weight is 246 g/mol. The van der Waals surface area contributed by atoms with Crippen molar-refractivity contribution >= 4 is 11.6 Å². The van der Waals surface area contributed by atoms with Crippen LogP contribution in [0.1, 0.15) is 49.0 Å². The topological polar surface area (TPSA) is 55.1 Å². The molecule has 98 valence electrons. The van der Waals surface area contributed by atoms with Crippen molar-refractivity contribution in [2.24, 2.45) is 5.41 Å². The van der Waals surface area contributed by atoms with E-state index < -0.39 is 0 Å². The third kappa shape index (κ3) is 2.50. The highest BCUT2D eigenvalue weighted by molar-refractivity contribution is 5.96. The number of carbonyl (C=O) groups is 1. The summed E-state index contributed by atoms with van der Waals surface area (Å²) in [7, 11) is 0. The van der Waals surface area contributed by atoms with E-state index in [0.29, 0.717) is 11.3 Å². The van der Waals surface area contributed by atoms with E-state index in [0.717, 1.165) is 12.0 Å². The van der Waals surface area contributed by atoms with Gasteiger partial charge in [0.15, 0.2) is 0 Å².